The van der Waals surface area contributed by atoms with Gasteiger partial charge < -0.3 is 10.2 Å². The molecule has 150 valence electrons. The Labute approximate surface area is 171 Å². The van der Waals surface area contributed by atoms with Crippen molar-refractivity contribution in [2.45, 2.75) is 6.18 Å². The molecule has 1 aliphatic rings. The Morgan fingerprint density at radius 3 is 2.41 bits per heavy atom. The monoisotopic (exact) mass is 416 g/mol. The van der Waals surface area contributed by atoms with Crippen molar-refractivity contribution >= 4 is 29.1 Å². The van der Waals surface area contributed by atoms with E-state index < -0.39 is 11.9 Å². The maximum atomic E-state index is 13.0. The average molecular weight is 416 g/mol. The Morgan fingerprint density at radius 1 is 0.931 bits per heavy atom. The third-order valence-electron chi connectivity index (χ3n) is 4.60. The summed E-state index contributed by atoms with van der Waals surface area (Å²) in [4.78, 5) is 9.87. The first-order chi connectivity index (χ1) is 14.0. The highest BCUT2D eigenvalue weighted by Crippen LogP contribution is 2.32. The fourth-order valence-corrected chi connectivity index (χ4v) is 4.09. The minimum absolute atomic E-state index is 0.0785. The number of hydrogen-bond donors (Lipinski definition) is 1. The SMILES string of the molecule is FC(F)(F)c1ccnc(Nc2cc(-c3ccccc3)cc(N3CCSCC3)c2)n1. The van der Waals surface area contributed by atoms with E-state index in [2.05, 4.69) is 26.3 Å². The lowest BCUT2D eigenvalue weighted by molar-refractivity contribution is -0.141. The molecule has 1 fully saturated rings. The second kappa shape index (κ2) is 8.32. The molecule has 0 saturated carbocycles. The number of anilines is 3. The van der Waals surface area contributed by atoms with Crippen LogP contribution < -0.4 is 10.2 Å². The standard InChI is InChI=1S/C21H19F3N4S/c22-21(23,24)19-6-7-25-20(27-19)26-17-12-16(15-4-2-1-3-5-15)13-18(14-17)28-8-10-29-11-9-28/h1-7,12-14H,8-11H2,(H,25,26,27). The van der Waals surface area contributed by atoms with Crippen LogP contribution in [0.2, 0.25) is 0 Å². The zero-order valence-electron chi connectivity index (χ0n) is 15.5. The van der Waals surface area contributed by atoms with E-state index in [0.717, 1.165) is 53.7 Å². The Balaban J connectivity index is 1.70. The van der Waals surface area contributed by atoms with Gasteiger partial charge >= 0.3 is 6.18 Å². The highest BCUT2D eigenvalue weighted by atomic mass is 32.2. The highest BCUT2D eigenvalue weighted by Gasteiger charge is 2.32. The molecule has 4 nitrogen and oxygen atoms in total. The summed E-state index contributed by atoms with van der Waals surface area (Å²) >= 11 is 1.92. The third kappa shape index (κ3) is 4.82. The molecule has 1 aromatic heterocycles. The molecule has 3 aromatic rings. The first-order valence-corrected chi connectivity index (χ1v) is 10.3. The summed E-state index contributed by atoms with van der Waals surface area (Å²) in [6, 6.07) is 16.7. The van der Waals surface area contributed by atoms with E-state index in [1.165, 1.54) is 0 Å². The number of nitrogens with one attached hydrogen (secondary N) is 1. The molecule has 2 heterocycles. The Morgan fingerprint density at radius 2 is 1.69 bits per heavy atom. The number of rotatable bonds is 4. The molecular formula is C21H19F3N4S. The predicted octanol–water partition coefficient (Wildman–Crippen LogP) is 5.46. The number of hydrogen-bond acceptors (Lipinski definition) is 5. The van der Waals surface area contributed by atoms with Crippen molar-refractivity contribution in [3.8, 4) is 11.1 Å². The summed E-state index contributed by atoms with van der Waals surface area (Å²) in [6.07, 6.45) is -3.40. The molecule has 1 N–H and O–H groups in total. The summed E-state index contributed by atoms with van der Waals surface area (Å²) in [7, 11) is 0. The number of thioether (sulfide) groups is 1. The van der Waals surface area contributed by atoms with Gasteiger partial charge in [0, 0.05) is 42.2 Å². The molecule has 2 aromatic carbocycles. The number of nitrogens with zero attached hydrogens (tertiary/aromatic N) is 3. The summed E-state index contributed by atoms with van der Waals surface area (Å²) in [5.41, 5.74) is 2.73. The fraction of sp³-hybridized carbons (Fsp3) is 0.238. The van der Waals surface area contributed by atoms with E-state index in [0.29, 0.717) is 5.69 Å². The van der Waals surface area contributed by atoms with Crippen molar-refractivity contribution in [2.75, 3.05) is 34.8 Å². The molecule has 1 saturated heterocycles. The zero-order valence-corrected chi connectivity index (χ0v) is 16.3. The van der Waals surface area contributed by atoms with E-state index in [1.54, 1.807) is 0 Å². The zero-order chi connectivity index (χ0) is 20.3. The third-order valence-corrected chi connectivity index (χ3v) is 5.55. The quantitative estimate of drug-likeness (QED) is 0.612. The minimum atomic E-state index is -4.51. The summed E-state index contributed by atoms with van der Waals surface area (Å²) in [5.74, 6) is 2.02. The van der Waals surface area contributed by atoms with E-state index in [4.69, 9.17) is 0 Å². The number of halogens is 3. The molecular weight excluding hydrogens is 397 g/mol. The van der Waals surface area contributed by atoms with Gasteiger partial charge in [0.1, 0.15) is 5.69 Å². The Bertz CT molecular complexity index is 973. The molecule has 0 bridgehead atoms. The highest BCUT2D eigenvalue weighted by molar-refractivity contribution is 7.99. The van der Waals surface area contributed by atoms with Crippen molar-refractivity contribution in [1.29, 1.82) is 0 Å². The van der Waals surface area contributed by atoms with Crippen molar-refractivity contribution < 1.29 is 13.2 Å². The smallest absolute Gasteiger partial charge is 0.370 e. The van der Waals surface area contributed by atoms with E-state index in [-0.39, 0.29) is 5.95 Å². The minimum Gasteiger partial charge on any atom is -0.370 e. The van der Waals surface area contributed by atoms with Gasteiger partial charge in [-0.2, -0.15) is 24.9 Å². The summed E-state index contributed by atoms with van der Waals surface area (Å²) < 4.78 is 38.9. The van der Waals surface area contributed by atoms with E-state index >= 15 is 0 Å². The van der Waals surface area contributed by atoms with Crippen LogP contribution in [0.4, 0.5) is 30.5 Å². The van der Waals surface area contributed by atoms with Gasteiger partial charge in [0.2, 0.25) is 5.95 Å². The Kier molecular flexibility index (Phi) is 5.62. The molecule has 8 heteroatoms. The Hall–Kier alpha value is -2.74. The van der Waals surface area contributed by atoms with Gasteiger partial charge in [-0.1, -0.05) is 30.3 Å². The van der Waals surface area contributed by atoms with Crippen molar-refractivity contribution in [2.24, 2.45) is 0 Å². The lowest BCUT2D eigenvalue weighted by Gasteiger charge is -2.29. The predicted molar refractivity (Wildman–Crippen MR) is 112 cm³/mol. The molecule has 0 atom stereocenters. The van der Waals surface area contributed by atoms with Crippen LogP contribution in [0.3, 0.4) is 0 Å². The first-order valence-electron chi connectivity index (χ1n) is 9.19. The molecule has 29 heavy (non-hydrogen) atoms. The molecule has 0 aliphatic carbocycles. The van der Waals surface area contributed by atoms with Crippen LogP contribution in [0.1, 0.15) is 5.69 Å². The second-order valence-corrected chi connectivity index (χ2v) is 7.85. The number of alkyl halides is 3. The average Bonchev–Trinajstić information content (AvgIpc) is 2.74. The fourth-order valence-electron chi connectivity index (χ4n) is 3.19. The van der Waals surface area contributed by atoms with Crippen LogP contribution in [0.5, 0.6) is 0 Å². The van der Waals surface area contributed by atoms with Crippen LogP contribution in [-0.2, 0) is 6.18 Å². The van der Waals surface area contributed by atoms with Crippen LogP contribution >= 0.6 is 11.8 Å². The first kappa shape index (κ1) is 19.6. The molecule has 0 spiro atoms. The van der Waals surface area contributed by atoms with Crippen molar-refractivity contribution in [3.63, 3.8) is 0 Å². The van der Waals surface area contributed by atoms with Gasteiger partial charge in [-0.15, -0.1) is 0 Å². The topological polar surface area (TPSA) is 41.1 Å². The van der Waals surface area contributed by atoms with Gasteiger partial charge in [-0.05, 0) is 35.4 Å². The lowest BCUT2D eigenvalue weighted by Crippen LogP contribution is -2.32. The number of benzene rings is 2. The van der Waals surface area contributed by atoms with E-state index in [1.807, 2.05) is 54.2 Å². The van der Waals surface area contributed by atoms with Crippen LogP contribution in [0.25, 0.3) is 11.1 Å². The molecule has 0 radical (unpaired) electrons. The number of aromatic nitrogens is 2. The van der Waals surface area contributed by atoms with Gasteiger partial charge in [-0.3, -0.25) is 0 Å². The van der Waals surface area contributed by atoms with Gasteiger partial charge in [-0.25, -0.2) is 9.97 Å². The maximum absolute atomic E-state index is 13.0. The van der Waals surface area contributed by atoms with Crippen LogP contribution in [-0.4, -0.2) is 34.6 Å². The van der Waals surface area contributed by atoms with Crippen LogP contribution in [0, 0.1) is 0 Å². The molecule has 1 aliphatic heterocycles. The molecule has 4 rings (SSSR count). The normalized spacial score (nSPS) is 14.7. The van der Waals surface area contributed by atoms with Crippen molar-refractivity contribution in [3.05, 3.63) is 66.5 Å². The largest absolute Gasteiger partial charge is 0.433 e. The van der Waals surface area contributed by atoms with E-state index in [9.17, 15) is 13.2 Å². The summed E-state index contributed by atoms with van der Waals surface area (Å²) in [6.45, 7) is 1.87. The van der Waals surface area contributed by atoms with Gasteiger partial charge in [0.15, 0.2) is 0 Å². The van der Waals surface area contributed by atoms with Gasteiger partial charge in [0.05, 0.1) is 0 Å². The van der Waals surface area contributed by atoms with Crippen LogP contribution in [0.15, 0.2) is 60.8 Å². The molecule has 0 amide bonds. The lowest BCUT2D eigenvalue weighted by atomic mass is 10.0. The second-order valence-electron chi connectivity index (χ2n) is 6.62. The van der Waals surface area contributed by atoms with Gasteiger partial charge in [0.25, 0.3) is 0 Å². The van der Waals surface area contributed by atoms with Crippen molar-refractivity contribution in [1.82, 2.24) is 9.97 Å². The molecule has 0 unspecified atom stereocenters. The summed E-state index contributed by atoms with van der Waals surface area (Å²) in [5, 5.41) is 2.95. The maximum Gasteiger partial charge on any atom is 0.433 e.